The molecule has 0 bridgehead atoms. The van der Waals surface area contributed by atoms with Gasteiger partial charge in [-0.25, -0.2) is 0 Å². The van der Waals surface area contributed by atoms with E-state index in [1.807, 2.05) is 0 Å². The number of hydrogen-bond acceptors (Lipinski definition) is 1. The van der Waals surface area contributed by atoms with Crippen molar-refractivity contribution in [2.24, 2.45) is 0 Å². The van der Waals surface area contributed by atoms with Crippen molar-refractivity contribution in [3.63, 3.8) is 0 Å². The average molecular weight is 246 g/mol. The molecule has 92 valence electrons. The molecule has 0 amide bonds. The first-order valence-corrected chi connectivity index (χ1v) is 6.55. The summed E-state index contributed by atoms with van der Waals surface area (Å²) in [6, 6.07) is 17.1. The summed E-state index contributed by atoms with van der Waals surface area (Å²) in [6.45, 7) is 4.24. The third kappa shape index (κ3) is 1.42. The molecule has 0 N–H and O–H groups in total. The molecule has 0 fully saturated rings. The van der Waals surface area contributed by atoms with Crippen LogP contribution in [0.25, 0.3) is 32.7 Å². The van der Waals surface area contributed by atoms with Crippen LogP contribution in [0, 0.1) is 13.8 Å². The fourth-order valence-corrected chi connectivity index (χ4v) is 2.91. The van der Waals surface area contributed by atoms with Crippen LogP contribution in [-0.4, -0.2) is 0 Å². The third-order valence-corrected chi connectivity index (χ3v) is 3.80. The van der Waals surface area contributed by atoms with Crippen LogP contribution in [0.2, 0.25) is 0 Å². The summed E-state index contributed by atoms with van der Waals surface area (Å²) >= 11 is 0. The molecule has 1 heterocycles. The van der Waals surface area contributed by atoms with Crippen LogP contribution in [0.4, 0.5) is 0 Å². The molecule has 0 aliphatic heterocycles. The first-order chi connectivity index (χ1) is 9.24. The Morgan fingerprint density at radius 3 is 2.58 bits per heavy atom. The molecule has 3 aromatic carbocycles. The van der Waals surface area contributed by atoms with Gasteiger partial charge in [-0.1, -0.05) is 35.9 Å². The van der Waals surface area contributed by atoms with Gasteiger partial charge in [-0.15, -0.1) is 0 Å². The molecule has 0 saturated carbocycles. The Balaban J connectivity index is 2.38. The maximum Gasteiger partial charge on any atom is 0.138 e. The van der Waals surface area contributed by atoms with Crippen LogP contribution in [0.1, 0.15) is 11.1 Å². The van der Waals surface area contributed by atoms with Gasteiger partial charge in [-0.3, -0.25) is 0 Å². The Hall–Kier alpha value is -2.28. The number of furan rings is 1. The van der Waals surface area contributed by atoms with Gasteiger partial charge in [0, 0.05) is 10.8 Å². The minimum Gasteiger partial charge on any atom is -0.456 e. The quantitative estimate of drug-likeness (QED) is 0.407. The maximum atomic E-state index is 6.05. The minimum atomic E-state index is 0.972. The molecule has 0 unspecified atom stereocenters. The molecule has 0 radical (unpaired) electrons. The van der Waals surface area contributed by atoms with Crippen molar-refractivity contribution < 1.29 is 4.42 Å². The molecular weight excluding hydrogens is 232 g/mol. The van der Waals surface area contributed by atoms with E-state index in [1.54, 1.807) is 0 Å². The van der Waals surface area contributed by atoms with E-state index in [9.17, 15) is 0 Å². The van der Waals surface area contributed by atoms with Crippen LogP contribution < -0.4 is 0 Å². The van der Waals surface area contributed by atoms with Gasteiger partial charge < -0.3 is 4.42 Å². The Kier molecular flexibility index (Phi) is 2.02. The van der Waals surface area contributed by atoms with E-state index in [4.69, 9.17) is 4.42 Å². The van der Waals surface area contributed by atoms with Crippen molar-refractivity contribution in [2.75, 3.05) is 0 Å². The standard InChI is InChI=1S/C18H14O/c1-11-7-8-16-15(9-11)17-14-6-4-3-5-13(14)10-12(2)18(17)19-16/h3-10H,1-2H3. The predicted molar refractivity (Wildman–Crippen MR) is 80.7 cm³/mol. The monoisotopic (exact) mass is 246 g/mol. The van der Waals surface area contributed by atoms with Crippen LogP contribution >= 0.6 is 0 Å². The second kappa shape index (κ2) is 3.61. The summed E-state index contributed by atoms with van der Waals surface area (Å²) in [6.07, 6.45) is 0. The van der Waals surface area contributed by atoms with Crippen LogP contribution in [0.5, 0.6) is 0 Å². The Morgan fingerprint density at radius 1 is 0.842 bits per heavy atom. The summed E-state index contributed by atoms with van der Waals surface area (Å²) in [7, 11) is 0. The van der Waals surface area contributed by atoms with E-state index in [-0.39, 0.29) is 0 Å². The van der Waals surface area contributed by atoms with Crippen molar-refractivity contribution >= 4 is 32.7 Å². The molecule has 0 atom stereocenters. The number of rotatable bonds is 0. The SMILES string of the molecule is Cc1ccc2oc3c(C)cc4ccccc4c3c2c1. The van der Waals surface area contributed by atoms with Crippen molar-refractivity contribution in [3.8, 4) is 0 Å². The minimum absolute atomic E-state index is 0.972. The van der Waals surface area contributed by atoms with Gasteiger partial charge in [0.15, 0.2) is 0 Å². The second-order valence-electron chi connectivity index (χ2n) is 5.22. The molecular formula is C18H14O. The van der Waals surface area contributed by atoms with Gasteiger partial charge in [0.05, 0.1) is 0 Å². The molecule has 0 saturated heterocycles. The number of hydrogen-bond donors (Lipinski definition) is 0. The van der Waals surface area contributed by atoms with E-state index in [0.29, 0.717) is 0 Å². The number of aryl methyl sites for hydroxylation is 2. The van der Waals surface area contributed by atoms with Crippen LogP contribution in [0.3, 0.4) is 0 Å². The zero-order chi connectivity index (χ0) is 13.0. The zero-order valence-corrected chi connectivity index (χ0v) is 11.0. The lowest BCUT2D eigenvalue weighted by Gasteiger charge is -2.02. The molecule has 1 heteroatoms. The fourth-order valence-electron chi connectivity index (χ4n) is 2.91. The average Bonchev–Trinajstić information content (AvgIpc) is 2.78. The zero-order valence-electron chi connectivity index (χ0n) is 11.0. The molecule has 4 rings (SSSR count). The van der Waals surface area contributed by atoms with E-state index < -0.39 is 0 Å². The van der Waals surface area contributed by atoms with Crippen LogP contribution in [-0.2, 0) is 0 Å². The summed E-state index contributed by atoms with van der Waals surface area (Å²) < 4.78 is 6.05. The smallest absolute Gasteiger partial charge is 0.138 e. The highest BCUT2D eigenvalue weighted by atomic mass is 16.3. The van der Waals surface area contributed by atoms with Crippen molar-refractivity contribution in [1.82, 2.24) is 0 Å². The van der Waals surface area contributed by atoms with E-state index in [0.717, 1.165) is 11.2 Å². The van der Waals surface area contributed by atoms with Gasteiger partial charge in [0.2, 0.25) is 0 Å². The van der Waals surface area contributed by atoms with E-state index in [2.05, 4.69) is 62.4 Å². The summed E-state index contributed by atoms with van der Waals surface area (Å²) in [5, 5.41) is 5.01. The molecule has 19 heavy (non-hydrogen) atoms. The van der Waals surface area contributed by atoms with Gasteiger partial charge in [0.25, 0.3) is 0 Å². The van der Waals surface area contributed by atoms with Gasteiger partial charge in [-0.2, -0.15) is 0 Å². The predicted octanol–water partition coefficient (Wildman–Crippen LogP) is 5.36. The third-order valence-electron chi connectivity index (χ3n) is 3.80. The first kappa shape index (κ1) is 10.6. The van der Waals surface area contributed by atoms with Crippen molar-refractivity contribution in [3.05, 3.63) is 59.7 Å². The molecule has 4 aromatic rings. The Morgan fingerprint density at radius 2 is 1.68 bits per heavy atom. The van der Waals surface area contributed by atoms with Gasteiger partial charge in [-0.05, 0) is 48.4 Å². The van der Waals surface area contributed by atoms with Crippen molar-refractivity contribution in [2.45, 2.75) is 13.8 Å². The highest BCUT2D eigenvalue weighted by Crippen LogP contribution is 2.36. The fraction of sp³-hybridized carbons (Fsp3) is 0.111. The number of fused-ring (bicyclic) bond motifs is 5. The van der Waals surface area contributed by atoms with Crippen molar-refractivity contribution in [1.29, 1.82) is 0 Å². The topological polar surface area (TPSA) is 13.1 Å². The van der Waals surface area contributed by atoms with Gasteiger partial charge in [0.1, 0.15) is 11.2 Å². The Bertz CT molecular complexity index is 929. The van der Waals surface area contributed by atoms with Crippen LogP contribution in [0.15, 0.2) is 52.9 Å². The second-order valence-corrected chi connectivity index (χ2v) is 5.22. The van der Waals surface area contributed by atoms with Gasteiger partial charge >= 0.3 is 0 Å². The molecule has 0 spiro atoms. The van der Waals surface area contributed by atoms with E-state index in [1.165, 1.54) is 32.7 Å². The molecule has 1 aromatic heterocycles. The summed E-state index contributed by atoms with van der Waals surface area (Å²) in [5.74, 6) is 0. The number of benzene rings is 3. The normalized spacial score (nSPS) is 11.7. The largest absolute Gasteiger partial charge is 0.456 e. The molecule has 0 aliphatic carbocycles. The summed E-state index contributed by atoms with van der Waals surface area (Å²) in [4.78, 5) is 0. The highest BCUT2D eigenvalue weighted by Gasteiger charge is 2.12. The lowest BCUT2D eigenvalue weighted by molar-refractivity contribution is 0.666. The molecule has 1 nitrogen and oxygen atoms in total. The highest BCUT2D eigenvalue weighted by molar-refractivity contribution is 6.19. The first-order valence-electron chi connectivity index (χ1n) is 6.55. The summed E-state index contributed by atoms with van der Waals surface area (Å²) in [5.41, 5.74) is 4.45. The lowest BCUT2D eigenvalue weighted by Crippen LogP contribution is -1.78. The lowest BCUT2D eigenvalue weighted by atomic mass is 10.0. The molecule has 0 aliphatic rings. The maximum absolute atomic E-state index is 6.05. The Labute approximate surface area is 111 Å². The van der Waals surface area contributed by atoms with E-state index >= 15 is 0 Å².